The Morgan fingerprint density at radius 1 is 1.18 bits per heavy atom. The Hall–Kier alpha value is -1.75. The zero-order valence-electron chi connectivity index (χ0n) is 13.9. The van der Waals surface area contributed by atoms with Gasteiger partial charge in [0.25, 0.3) is 5.91 Å². The van der Waals surface area contributed by atoms with Crippen molar-refractivity contribution in [1.29, 1.82) is 0 Å². The molecule has 0 aliphatic carbocycles. The maximum absolute atomic E-state index is 12.8. The van der Waals surface area contributed by atoms with Crippen LogP contribution in [0.3, 0.4) is 0 Å². The van der Waals surface area contributed by atoms with E-state index in [4.69, 9.17) is 9.47 Å². The highest BCUT2D eigenvalue weighted by atomic mass is 16.5. The molecule has 1 fully saturated rings. The summed E-state index contributed by atoms with van der Waals surface area (Å²) in [7, 11) is 5.10. The first kappa shape index (κ1) is 16.6. The summed E-state index contributed by atoms with van der Waals surface area (Å²) >= 11 is 0. The summed E-state index contributed by atoms with van der Waals surface area (Å²) in [4.78, 5) is 14.7. The number of ether oxygens (including phenoxy) is 2. The number of benzene rings is 1. The molecule has 5 nitrogen and oxygen atoms in total. The third-order valence-corrected chi connectivity index (χ3v) is 4.41. The van der Waals surface area contributed by atoms with Gasteiger partial charge in [-0.25, -0.2) is 0 Å². The summed E-state index contributed by atoms with van der Waals surface area (Å²) in [6, 6.07) is 3.87. The Morgan fingerprint density at radius 3 is 2.41 bits per heavy atom. The number of methoxy groups -OCH3 is 2. The highest BCUT2D eigenvalue weighted by Gasteiger charge is 2.23. The summed E-state index contributed by atoms with van der Waals surface area (Å²) in [6.07, 6.45) is 3.13. The number of carbonyl (C=O) groups is 1. The molecule has 1 heterocycles. The van der Waals surface area contributed by atoms with Crippen LogP contribution in [0, 0.1) is 6.92 Å². The van der Waals surface area contributed by atoms with Crippen LogP contribution in [0.1, 0.15) is 35.2 Å². The fourth-order valence-electron chi connectivity index (χ4n) is 2.97. The van der Waals surface area contributed by atoms with Crippen LogP contribution in [0.15, 0.2) is 12.1 Å². The Kier molecular flexibility index (Phi) is 5.66. The second-order valence-electron chi connectivity index (χ2n) is 5.76. The number of hydrogen-bond acceptors (Lipinski definition) is 4. The fourth-order valence-corrected chi connectivity index (χ4v) is 2.97. The standard InChI is InChI=1S/C17H26N2O3/c1-12-15(21-3)10-13(11-16(12)22-4)17(20)19(2)14-6-5-8-18-9-7-14/h10-11,14,18H,5-9H2,1-4H3. The third-order valence-electron chi connectivity index (χ3n) is 4.41. The van der Waals surface area contributed by atoms with Crippen LogP contribution in [0.5, 0.6) is 11.5 Å². The van der Waals surface area contributed by atoms with Crippen molar-refractivity contribution in [2.75, 3.05) is 34.4 Å². The average molecular weight is 306 g/mol. The topological polar surface area (TPSA) is 50.8 Å². The van der Waals surface area contributed by atoms with Gasteiger partial charge in [0.15, 0.2) is 0 Å². The Balaban J connectivity index is 2.24. The van der Waals surface area contributed by atoms with Crippen molar-refractivity contribution in [3.8, 4) is 11.5 Å². The van der Waals surface area contributed by atoms with Crippen molar-refractivity contribution < 1.29 is 14.3 Å². The zero-order valence-corrected chi connectivity index (χ0v) is 13.9. The van der Waals surface area contributed by atoms with Gasteiger partial charge in [-0.05, 0) is 51.4 Å². The molecule has 2 rings (SSSR count). The molecule has 1 amide bonds. The van der Waals surface area contributed by atoms with Crippen LogP contribution in [0.2, 0.25) is 0 Å². The molecule has 1 aliphatic rings. The molecule has 1 unspecified atom stereocenters. The van der Waals surface area contributed by atoms with Crippen molar-refractivity contribution in [3.63, 3.8) is 0 Å². The average Bonchev–Trinajstić information content (AvgIpc) is 2.83. The van der Waals surface area contributed by atoms with Gasteiger partial charge in [-0.1, -0.05) is 0 Å². The van der Waals surface area contributed by atoms with Gasteiger partial charge in [-0.2, -0.15) is 0 Å². The summed E-state index contributed by atoms with van der Waals surface area (Å²) in [5.41, 5.74) is 1.52. The van der Waals surface area contributed by atoms with E-state index in [2.05, 4.69) is 5.32 Å². The van der Waals surface area contributed by atoms with E-state index in [1.165, 1.54) is 0 Å². The highest BCUT2D eigenvalue weighted by Crippen LogP contribution is 2.30. The van der Waals surface area contributed by atoms with Crippen LogP contribution >= 0.6 is 0 Å². The molecule has 22 heavy (non-hydrogen) atoms. The van der Waals surface area contributed by atoms with E-state index in [0.717, 1.165) is 37.9 Å². The molecule has 1 aliphatic heterocycles. The van der Waals surface area contributed by atoms with Crippen LogP contribution in [-0.2, 0) is 0 Å². The lowest BCUT2D eigenvalue weighted by molar-refractivity contribution is 0.0719. The largest absolute Gasteiger partial charge is 0.496 e. The quantitative estimate of drug-likeness (QED) is 0.927. The molecule has 5 heteroatoms. The number of amides is 1. The normalized spacial score (nSPS) is 18.5. The third kappa shape index (κ3) is 3.53. The number of nitrogens with one attached hydrogen (secondary N) is 1. The molecular weight excluding hydrogens is 280 g/mol. The molecular formula is C17H26N2O3. The molecule has 0 bridgehead atoms. The summed E-state index contributed by atoms with van der Waals surface area (Å²) in [5, 5.41) is 3.38. The maximum Gasteiger partial charge on any atom is 0.254 e. The van der Waals surface area contributed by atoms with Gasteiger partial charge in [0, 0.05) is 24.2 Å². The predicted molar refractivity (Wildman–Crippen MR) is 86.9 cm³/mol. The fraction of sp³-hybridized carbons (Fsp3) is 0.588. The predicted octanol–water partition coefficient (Wildman–Crippen LogP) is 2.23. The van der Waals surface area contributed by atoms with Crippen LogP contribution in [0.25, 0.3) is 0 Å². The molecule has 1 saturated heterocycles. The van der Waals surface area contributed by atoms with Gasteiger partial charge >= 0.3 is 0 Å². The van der Waals surface area contributed by atoms with E-state index in [-0.39, 0.29) is 11.9 Å². The van der Waals surface area contributed by atoms with Crippen molar-refractivity contribution in [1.82, 2.24) is 10.2 Å². The SMILES string of the molecule is COc1cc(C(=O)N(C)C2CCCNCC2)cc(OC)c1C. The number of rotatable bonds is 4. The highest BCUT2D eigenvalue weighted by molar-refractivity contribution is 5.95. The first-order valence-electron chi connectivity index (χ1n) is 7.79. The van der Waals surface area contributed by atoms with Crippen LogP contribution in [-0.4, -0.2) is 51.2 Å². The van der Waals surface area contributed by atoms with E-state index in [9.17, 15) is 4.79 Å². The molecule has 0 radical (unpaired) electrons. The van der Waals surface area contributed by atoms with E-state index >= 15 is 0 Å². The second-order valence-corrected chi connectivity index (χ2v) is 5.76. The molecule has 122 valence electrons. The lowest BCUT2D eigenvalue weighted by Crippen LogP contribution is -2.37. The number of hydrogen-bond donors (Lipinski definition) is 1. The molecule has 1 aromatic carbocycles. The summed E-state index contributed by atoms with van der Waals surface area (Å²) in [5.74, 6) is 1.38. The summed E-state index contributed by atoms with van der Waals surface area (Å²) < 4.78 is 10.7. The Labute approximate surface area is 132 Å². The van der Waals surface area contributed by atoms with Gasteiger partial charge in [-0.15, -0.1) is 0 Å². The molecule has 1 N–H and O–H groups in total. The van der Waals surface area contributed by atoms with Gasteiger partial charge in [-0.3, -0.25) is 4.79 Å². The minimum absolute atomic E-state index is 0.0171. The zero-order chi connectivity index (χ0) is 16.1. The minimum atomic E-state index is 0.0171. The van der Waals surface area contributed by atoms with Gasteiger partial charge in [0.1, 0.15) is 11.5 Å². The van der Waals surface area contributed by atoms with Gasteiger partial charge < -0.3 is 19.7 Å². The lowest BCUT2D eigenvalue weighted by Gasteiger charge is -2.27. The maximum atomic E-state index is 12.8. The smallest absolute Gasteiger partial charge is 0.254 e. The van der Waals surface area contributed by atoms with Crippen molar-refractivity contribution in [2.45, 2.75) is 32.2 Å². The monoisotopic (exact) mass is 306 g/mol. The van der Waals surface area contributed by atoms with Crippen LogP contribution < -0.4 is 14.8 Å². The molecule has 0 aromatic heterocycles. The van der Waals surface area contributed by atoms with Crippen molar-refractivity contribution >= 4 is 5.91 Å². The Bertz CT molecular complexity index is 498. The van der Waals surface area contributed by atoms with E-state index < -0.39 is 0 Å². The van der Waals surface area contributed by atoms with E-state index in [1.54, 1.807) is 26.4 Å². The summed E-state index contributed by atoms with van der Waals surface area (Å²) in [6.45, 7) is 3.92. The molecule has 1 aromatic rings. The lowest BCUT2D eigenvalue weighted by atomic mass is 10.0. The second kappa shape index (κ2) is 7.49. The van der Waals surface area contributed by atoms with E-state index in [1.807, 2.05) is 18.9 Å². The van der Waals surface area contributed by atoms with Gasteiger partial charge in [0.2, 0.25) is 0 Å². The minimum Gasteiger partial charge on any atom is -0.496 e. The Morgan fingerprint density at radius 2 is 1.82 bits per heavy atom. The van der Waals surface area contributed by atoms with Crippen molar-refractivity contribution in [2.24, 2.45) is 0 Å². The number of carbonyl (C=O) groups excluding carboxylic acids is 1. The first-order valence-corrected chi connectivity index (χ1v) is 7.79. The number of nitrogens with zero attached hydrogens (tertiary/aromatic N) is 1. The van der Waals surface area contributed by atoms with E-state index in [0.29, 0.717) is 17.1 Å². The molecule has 1 atom stereocenters. The van der Waals surface area contributed by atoms with Crippen LogP contribution in [0.4, 0.5) is 0 Å². The van der Waals surface area contributed by atoms with Crippen molar-refractivity contribution in [3.05, 3.63) is 23.3 Å². The molecule has 0 saturated carbocycles. The first-order chi connectivity index (χ1) is 10.6. The molecule has 0 spiro atoms. The van der Waals surface area contributed by atoms with Gasteiger partial charge in [0.05, 0.1) is 14.2 Å².